The lowest BCUT2D eigenvalue weighted by Crippen LogP contribution is -2.33. The average molecular weight is 198 g/mol. The topological polar surface area (TPSA) is 38.5 Å². The van der Waals surface area contributed by atoms with Crippen LogP contribution in [-0.4, -0.2) is 44.3 Å². The number of ether oxygens (including phenoxy) is 1. The SMILES string of the molecule is NCCC1(CN2CCCOCC2)CC1. The fourth-order valence-corrected chi connectivity index (χ4v) is 2.40. The van der Waals surface area contributed by atoms with Gasteiger partial charge in [0.25, 0.3) is 0 Å². The third-order valence-corrected chi connectivity index (χ3v) is 3.51. The Kier molecular flexibility index (Phi) is 3.42. The van der Waals surface area contributed by atoms with E-state index in [1.807, 2.05) is 0 Å². The Bertz CT molecular complexity index is 172. The lowest BCUT2D eigenvalue weighted by atomic mass is 10.0. The van der Waals surface area contributed by atoms with E-state index in [2.05, 4.69) is 4.90 Å². The molecule has 0 aromatic heterocycles. The van der Waals surface area contributed by atoms with Crippen LogP contribution in [0.4, 0.5) is 0 Å². The zero-order valence-corrected chi connectivity index (χ0v) is 9.00. The molecule has 0 atom stereocenters. The molecule has 2 aliphatic rings. The number of hydrogen-bond donors (Lipinski definition) is 1. The molecule has 0 unspecified atom stereocenters. The van der Waals surface area contributed by atoms with Crippen LogP contribution in [0.5, 0.6) is 0 Å². The summed E-state index contributed by atoms with van der Waals surface area (Å²) >= 11 is 0. The lowest BCUT2D eigenvalue weighted by molar-refractivity contribution is 0.136. The molecule has 82 valence electrons. The van der Waals surface area contributed by atoms with E-state index in [9.17, 15) is 0 Å². The molecular formula is C11H22N2O. The Morgan fingerprint density at radius 1 is 1.21 bits per heavy atom. The zero-order valence-electron chi connectivity index (χ0n) is 9.00. The molecule has 0 bridgehead atoms. The van der Waals surface area contributed by atoms with Crippen molar-refractivity contribution in [1.29, 1.82) is 0 Å². The van der Waals surface area contributed by atoms with Crippen molar-refractivity contribution >= 4 is 0 Å². The highest BCUT2D eigenvalue weighted by molar-refractivity contribution is 4.95. The molecule has 3 heteroatoms. The van der Waals surface area contributed by atoms with Crippen LogP contribution in [-0.2, 0) is 4.74 Å². The van der Waals surface area contributed by atoms with E-state index in [0.29, 0.717) is 5.41 Å². The minimum absolute atomic E-state index is 0.596. The number of rotatable bonds is 4. The van der Waals surface area contributed by atoms with Gasteiger partial charge in [0.1, 0.15) is 0 Å². The van der Waals surface area contributed by atoms with E-state index in [1.165, 1.54) is 38.8 Å². The van der Waals surface area contributed by atoms with Crippen LogP contribution >= 0.6 is 0 Å². The first-order valence-corrected chi connectivity index (χ1v) is 5.85. The van der Waals surface area contributed by atoms with Crippen LogP contribution < -0.4 is 5.73 Å². The van der Waals surface area contributed by atoms with E-state index in [4.69, 9.17) is 10.5 Å². The van der Waals surface area contributed by atoms with Crippen LogP contribution in [0.3, 0.4) is 0 Å². The Morgan fingerprint density at radius 3 is 2.79 bits per heavy atom. The van der Waals surface area contributed by atoms with E-state index >= 15 is 0 Å². The van der Waals surface area contributed by atoms with Gasteiger partial charge >= 0.3 is 0 Å². The van der Waals surface area contributed by atoms with Crippen molar-refractivity contribution in [3.63, 3.8) is 0 Å². The van der Waals surface area contributed by atoms with Crippen molar-refractivity contribution in [3.05, 3.63) is 0 Å². The Morgan fingerprint density at radius 2 is 2.07 bits per heavy atom. The van der Waals surface area contributed by atoms with E-state index < -0.39 is 0 Å². The maximum absolute atomic E-state index is 5.65. The molecule has 1 heterocycles. The summed E-state index contributed by atoms with van der Waals surface area (Å²) in [5.74, 6) is 0. The van der Waals surface area contributed by atoms with Crippen molar-refractivity contribution in [2.75, 3.05) is 39.4 Å². The molecular weight excluding hydrogens is 176 g/mol. The molecule has 0 radical (unpaired) electrons. The predicted molar refractivity (Wildman–Crippen MR) is 57.2 cm³/mol. The second kappa shape index (κ2) is 4.60. The fraction of sp³-hybridized carbons (Fsp3) is 1.00. The van der Waals surface area contributed by atoms with Gasteiger partial charge in [0.05, 0.1) is 6.61 Å². The van der Waals surface area contributed by atoms with Crippen LogP contribution in [0, 0.1) is 5.41 Å². The first-order chi connectivity index (χ1) is 6.85. The molecule has 0 spiro atoms. The smallest absolute Gasteiger partial charge is 0.0593 e. The summed E-state index contributed by atoms with van der Waals surface area (Å²) in [5.41, 5.74) is 6.24. The Labute approximate surface area is 86.6 Å². The summed E-state index contributed by atoms with van der Waals surface area (Å²) in [5, 5.41) is 0. The molecule has 0 amide bonds. The monoisotopic (exact) mass is 198 g/mol. The first-order valence-electron chi connectivity index (χ1n) is 5.85. The first kappa shape index (κ1) is 10.4. The van der Waals surface area contributed by atoms with Crippen molar-refractivity contribution in [2.45, 2.75) is 25.7 Å². The highest BCUT2D eigenvalue weighted by Gasteiger charge is 2.42. The van der Waals surface area contributed by atoms with Gasteiger partial charge in [-0.05, 0) is 37.6 Å². The quantitative estimate of drug-likeness (QED) is 0.727. The van der Waals surface area contributed by atoms with Crippen molar-refractivity contribution in [2.24, 2.45) is 11.1 Å². The molecule has 0 aromatic carbocycles. The largest absolute Gasteiger partial charge is 0.380 e. The predicted octanol–water partition coefficient (Wildman–Crippen LogP) is 0.838. The standard InChI is InChI=1S/C11H22N2O/c12-5-4-11(2-3-11)10-13-6-1-8-14-9-7-13/h1-10,12H2. The van der Waals surface area contributed by atoms with Gasteiger partial charge < -0.3 is 15.4 Å². The molecule has 1 saturated carbocycles. The molecule has 2 N–H and O–H groups in total. The molecule has 1 saturated heterocycles. The maximum Gasteiger partial charge on any atom is 0.0593 e. The molecule has 2 rings (SSSR count). The number of nitrogens with two attached hydrogens (primary N) is 1. The van der Waals surface area contributed by atoms with Gasteiger partial charge in [-0.3, -0.25) is 0 Å². The molecule has 2 fully saturated rings. The third-order valence-electron chi connectivity index (χ3n) is 3.51. The van der Waals surface area contributed by atoms with Gasteiger partial charge in [0.15, 0.2) is 0 Å². The maximum atomic E-state index is 5.65. The van der Waals surface area contributed by atoms with Crippen molar-refractivity contribution in [1.82, 2.24) is 4.90 Å². The Hall–Kier alpha value is -0.120. The fourth-order valence-electron chi connectivity index (χ4n) is 2.40. The second-order valence-corrected chi connectivity index (χ2v) is 4.78. The molecule has 1 aliphatic heterocycles. The average Bonchev–Trinajstić information content (AvgIpc) is 2.93. The van der Waals surface area contributed by atoms with Crippen LogP contribution in [0.25, 0.3) is 0 Å². The zero-order chi connectivity index (χ0) is 9.86. The normalized spacial score (nSPS) is 27.2. The number of nitrogens with zero attached hydrogens (tertiary/aromatic N) is 1. The molecule has 0 aromatic rings. The third kappa shape index (κ3) is 2.69. The molecule has 1 aliphatic carbocycles. The Balaban J connectivity index is 1.77. The van der Waals surface area contributed by atoms with Crippen LogP contribution in [0.1, 0.15) is 25.7 Å². The lowest BCUT2D eigenvalue weighted by Gasteiger charge is -2.25. The van der Waals surface area contributed by atoms with Crippen molar-refractivity contribution in [3.8, 4) is 0 Å². The summed E-state index contributed by atoms with van der Waals surface area (Å²) in [6, 6.07) is 0. The summed E-state index contributed by atoms with van der Waals surface area (Å²) in [6.45, 7) is 6.30. The summed E-state index contributed by atoms with van der Waals surface area (Å²) in [6.07, 6.45) is 5.19. The van der Waals surface area contributed by atoms with Gasteiger partial charge in [0.2, 0.25) is 0 Å². The molecule has 14 heavy (non-hydrogen) atoms. The van der Waals surface area contributed by atoms with Gasteiger partial charge in [0, 0.05) is 26.2 Å². The summed E-state index contributed by atoms with van der Waals surface area (Å²) in [4.78, 5) is 2.57. The van der Waals surface area contributed by atoms with Crippen molar-refractivity contribution < 1.29 is 4.74 Å². The highest BCUT2D eigenvalue weighted by atomic mass is 16.5. The summed E-state index contributed by atoms with van der Waals surface area (Å²) < 4.78 is 5.45. The summed E-state index contributed by atoms with van der Waals surface area (Å²) in [7, 11) is 0. The van der Waals surface area contributed by atoms with E-state index in [0.717, 1.165) is 26.3 Å². The molecule has 3 nitrogen and oxygen atoms in total. The minimum atomic E-state index is 0.596. The second-order valence-electron chi connectivity index (χ2n) is 4.78. The van der Waals surface area contributed by atoms with Crippen LogP contribution in [0.15, 0.2) is 0 Å². The van der Waals surface area contributed by atoms with Gasteiger partial charge in [-0.25, -0.2) is 0 Å². The van der Waals surface area contributed by atoms with Gasteiger partial charge in [-0.2, -0.15) is 0 Å². The van der Waals surface area contributed by atoms with Crippen LogP contribution in [0.2, 0.25) is 0 Å². The van der Waals surface area contributed by atoms with E-state index in [-0.39, 0.29) is 0 Å². The van der Waals surface area contributed by atoms with Gasteiger partial charge in [-0.1, -0.05) is 0 Å². The van der Waals surface area contributed by atoms with E-state index in [1.54, 1.807) is 0 Å². The van der Waals surface area contributed by atoms with Gasteiger partial charge in [-0.15, -0.1) is 0 Å². The minimum Gasteiger partial charge on any atom is -0.380 e. The number of hydrogen-bond acceptors (Lipinski definition) is 3. The highest BCUT2D eigenvalue weighted by Crippen LogP contribution is 2.49.